The first-order chi connectivity index (χ1) is 9.24. The molecule has 2 nitrogen and oxygen atoms in total. The number of hydrogen-bond acceptors (Lipinski definition) is 2. The molecule has 3 rings (SSSR count). The Bertz CT molecular complexity index is 624. The number of rotatable bonds is 3. The predicted octanol–water partition coefficient (Wildman–Crippen LogP) is 3.81. The molecule has 2 N–H and O–H groups in total. The van der Waals surface area contributed by atoms with Gasteiger partial charge in [0.25, 0.3) is 0 Å². The van der Waals surface area contributed by atoms with E-state index >= 15 is 0 Å². The maximum absolute atomic E-state index is 6.13. The monoisotopic (exact) mass is 273 g/mol. The molecule has 0 amide bonds. The molecule has 0 saturated carbocycles. The van der Waals surface area contributed by atoms with E-state index in [9.17, 15) is 0 Å². The molecule has 0 bridgehead atoms. The van der Waals surface area contributed by atoms with Gasteiger partial charge < -0.3 is 10.5 Å². The number of nitrogens with two attached hydrogens (primary N) is 1. The maximum atomic E-state index is 6.13. The summed E-state index contributed by atoms with van der Waals surface area (Å²) in [4.78, 5) is 0. The second-order valence-corrected chi connectivity index (χ2v) is 5.25. The normalized spacial score (nSPS) is 16.1. The van der Waals surface area contributed by atoms with Crippen molar-refractivity contribution in [3.05, 3.63) is 52.5 Å². The summed E-state index contributed by atoms with van der Waals surface area (Å²) < 4.78 is 5.33. The van der Waals surface area contributed by atoms with E-state index in [2.05, 4.69) is 24.3 Å². The molecule has 1 atom stereocenters. The minimum Gasteiger partial charge on any atom is -0.497 e. The molecule has 1 aliphatic rings. The van der Waals surface area contributed by atoms with Crippen LogP contribution in [0.25, 0.3) is 11.1 Å². The third-order valence-corrected chi connectivity index (χ3v) is 4.00. The Hall–Kier alpha value is -1.51. The fourth-order valence-corrected chi connectivity index (χ4v) is 3.09. The largest absolute Gasteiger partial charge is 0.497 e. The van der Waals surface area contributed by atoms with Crippen LogP contribution in [0.4, 0.5) is 0 Å². The fourth-order valence-electron chi connectivity index (χ4n) is 2.91. The first-order valence-corrected chi connectivity index (χ1v) is 6.80. The quantitative estimate of drug-likeness (QED) is 0.923. The van der Waals surface area contributed by atoms with Crippen LogP contribution < -0.4 is 10.5 Å². The Labute approximate surface area is 118 Å². The van der Waals surface area contributed by atoms with Gasteiger partial charge in [0.05, 0.1) is 7.11 Å². The molecule has 0 heterocycles. The summed E-state index contributed by atoms with van der Waals surface area (Å²) in [5.74, 6) is 1.21. The second-order valence-electron chi connectivity index (χ2n) is 4.81. The number of halogens is 1. The highest BCUT2D eigenvalue weighted by molar-refractivity contribution is 6.30. The lowest BCUT2D eigenvalue weighted by molar-refractivity contribution is 0.414. The van der Waals surface area contributed by atoms with Gasteiger partial charge in [-0.15, -0.1) is 0 Å². The van der Waals surface area contributed by atoms with Gasteiger partial charge in [-0.3, -0.25) is 0 Å². The van der Waals surface area contributed by atoms with E-state index in [1.54, 1.807) is 7.11 Å². The van der Waals surface area contributed by atoms with Crippen LogP contribution in [0.5, 0.6) is 5.75 Å². The molecule has 1 unspecified atom stereocenters. The van der Waals surface area contributed by atoms with Gasteiger partial charge >= 0.3 is 0 Å². The number of hydrogen-bond donors (Lipinski definition) is 1. The molecule has 98 valence electrons. The van der Waals surface area contributed by atoms with Gasteiger partial charge in [-0.25, -0.2) is 0 Å². The zero-order valence-corrected chi connectivity index (χ0v) is 11.6. The minimum atomic E-state index is 0.323. The number of methoxy groups -OCH3 is 1. The fraction of sp³-hybridized carbons (Fsp3) is 0.250. The van der Waals surface area contributed by atoms with E-state index in [1.165, 1.54) is 22.3 Å². The van der Waals surface area contributed by atoms with Gasteiger partial charge in [0.1, 0.15) is 5.75 Å². The molecular formula is C16H16ClNO. The van der Waals surface area contributed by atoms with Crippen LogP contribution in [-0.2, 0) is 0 Å². The molecule has 2 aromatic rings. The van der Waals surface area contributed by atoms with Crippen molar-refractivity contribution in [1.29, 1.82) is 0 Å². The van der Waals surface area contributed by atoms with Crippen LogP contribution >= 0.6 is 11.6 Å². The highest BCUT2D eigenvalue weighted by Crippen LogP contribution is 2.47. The summed E-state index contributed by atoms with van der Waals surface area (Å²) in [6.45, 7) is 0.660. The molecule has 0 fully saturated rings. The lowest BCUT2D eigenvalue weighted by Crippen LogP contribution is -2.06. The number of fused-ring (bicyclic) bond motifs is 3. The summed E-state index contributed by atoms with van der Waals surface area (Å²) in [6.07, 6.45) is 0.924. The van der Waals surface area contributed by atoms with Crippen LogP contribution in [-0.4, -0.2) is 13.7 Å². The van der Waals surface area contributed by atoms with E-state index < -0.39 is 0 Å². The van der Waals surface area contributed by atoms with Crippen LogP contribution in [0.1, 0.15) is 23.5 Å². The van der Waals surface area contributed by atoms with Gasteiger partial charge in [-0.1, -0.05) is 23.7 Å². The standard InChI is InChI=1S/C16H16ClNO/c1-19-11-3-5-13-12-4-2-10(17)8-15(12)14(6-7-18)16(13)9-11/h2-5,8-9,14H,6-7,18H2,1H3. The Morgan fingerprint density at radius 2 is 1.79 bits per heavy atom. The minimum absolute atomic E-state index is 0.323. The van der Waals surface area contributed by atoms with E-state index in [1.807, 2.05) is 12.1 Å². The van der Waals surface area contributed by atoms with Crippen molar-refractivity contribution >= 4 is 11.6 Å². The zero-order chi connectivity index (χ0) is 13.4. The topological polar surface area (TPSA) is 35.2 Å². The molecule has 0 saturated heterocycles. The van der Waals surface area contributed by atoms with Crippen molar-refractivity contribution in [3.8, 4) is 16.9 Å². The van der Waals surface area contributed by atoms with Crippen molar-refractivity contribution in [2.24, 2.45) is 5.73 Å². The molecule has 0 spiro atoms. The SMILES string of the molecule is COc1ccc2c(c1)C(CCN)c1cc(Cl)ccc1-2. The Kier molecular flexibility index (Phi) is 3.21. The number of benzene rings is 2. The molecule has 3 heteroatoms. The smallest absolute Gasteiger partial charge is 0.119 e. The molecule has 0 aromatic heterocycles. The van der Waals surface area contributed by atoms with Crippen LogP contribution in [0, 0.1) is 0 Å². The summed E-state index contributed by atoms with van der Waals surface area (Å²) in [5, 5.41) is 0.778. The molecule has 0 radical (unpaired) electrons. The first-order valence-electron chi connectivity index (χ1n) is 6.42. The lowest BCUT2D eigenvalue weighted by atomic mass is 9.93. The predicted molar refractivity (Wildman–Crippen MR) is 79.0 cm³/mol. The molecule has 1 aliphatic carbocycles. The first kappa shape index (κ1) is 12.5. The summed E-state index contributed by atoms with van der Waals surface area (Å²) in [6, 6.07) is 12.3. The van der Waals surface area contributed by atoms with E-state index in [-0.39, 0.29) is 0 Å². The Morgan fingerprint density at radius 3 is 2.47 bits per heavy atom. The molecular weight excluding hydrogens is 258 g/mol. The molecule has 0 aliphatic heterocycles. The molecule has 19 heavy (non-hydrogen) atoms. The number of ether oxygens (including phenoxy) is 1. The van der Waals surface area contributed by atoms with Crippen molar-refractivity contribution < 1.29 is 4.74 Å². The van der Waals surface area contributed by atoms with Crippen LogP contribution in [0.2, 0.25) is 5.02 Å². The second kappa shape index (κ2) is 4.87. The summed E-state index contributed by atoms with van der Waals surface area (Å²) in [7, 11) is 1.69. The highest BCUT2D eigenvalue weighted by Gasteiger charge is 2.28. The Balaban J connectivity index is 2.19. The van der Waals surface area contributed by atoms with Gasteiger partial charge in [0, 0.05) is 10.9 Å². The van der Waals surface area contributed by atoms with Gasteiger partial charge in [0.15, 0.2) is 0 Å². The summed E-state index contributed by atoms with van der Waals surface area (Å²) >= 11 is 6.13. The van der Waals surface area contributed by atoms with Crippen molar-refractivity contribution in [3.63, 3.8) is 0 Å². The van der Waals surface area contributed by atoms with E-state index in [0.29, 0.717) is 12.5 Å². The zero-order valence-electron chi connectivity index (χ0n) is 10.8. The van der Waals surface area contributed by atoms with Crippen LogP contribution in [0.15, 0.2) is 36.4 Å². The van der Waals surface area contributed by atoms with Crippen LogP contribution in [0.3, 0.4) is 0 Å². The van der Waals surface area contributed by atoms with Gasteiger partial charge in [0.2, 0.25) is 0 Å². The third kappa shape index (κ3) is 2.01. The van der Waals surface area contributed by atoms with Crippen molar-refractivity contribution in [1.82, 2.24) is 0 Å². The van der Waals surface area contributed by atoms with Gasteiger partial charge in [-0.05, 0) is 59.5 Å². The maximum Gasteiger partial charge on any atom is 0.119 e. The van der Waals surface area contributed by atoms with Crippen molar-refractivity contribution in [2.75, 3.05) is 13.7 Å². The average Bonchev–Trinajstić information content (AvgIpc) is 2.72. The van der Waals surface area contributed by atoms with Gasteiger partial charge in [-0.2, -0.15) is 0 Å². The third-order valence-electron chi connectivity index (χ3n) is 3.77. The lowest BCUT2D eigenvalue weighted by Gasteiger charge is -2.13. The van der Waals surface area contributed by atoms with E-state index in [0.717, 1.165) is 17.2 Å². The highest BCUT2D eigenvalue weighted by atomic mass is 35.5. The average molecular weight is 274 g/mol. The molecule has 2 aromatic carbocycles. The van der Waals surface area contributed by atoms with E-state index in [4.69, 9.17) is 22.1 Å². The Morgan fingerprint density at radius 1 is 1.11 bits per heavy atom. The van der Waals surface area contributed by atoms with Crippen molar-refractivity contribution in [2.45, 2.75) is 12.3 Å². The summed E-state index contributed by atoms with van der Waals surface area (Å²) in [5.41, 5.74) is 10.9.